The molecule has 0 fully saturated rings. The average molecular weight is 364 g/mol. The SMILES string of the molecule is [C-]#[N+]c1c(SC)nc(-c2ccncc2)n(-c2ccc(OCC)cc2)c1=O. The van der Waals surface area contributed by atoms with E-state index in [0.29, 0.717) is 28.9 Å². The first kappa shape index (κ1) is 17.7. The van der Waals surface area contributed by atoms with Crippen molar-refractivity contribution in [3.63, 3.8) is 0 Å². The Morgan fingerprint density at radius 3 is 2.46 bits per heavy atom. The zero-order chi connectivity index (χ0) is 18.5. The molecule has 26 heavy (non-hydrogen) atoms. The van der Waals surface area contributed by atoms with E-state index in [2.05, 4.69) is 14.8 Å². The Kier molecular flexibility index (Phi) is 5.34. The molecule has 0 spiro atoms. The second-order valence-electron chi connectivity index (χ2n) is 5.21. The topological polar surface area (TPSA) is 61.4 Å². The normalized spacial score (nSPS) is 10.3. The highest BCUT2D eigenvalue weighted by atomic mass is 32.2. The Labute approximate surface area is 155 Å². The van der Waals surface area contributed by atoms with Gasteiger partial charge in [0.25, 0.3) is 11.2 Å². The Bertz CT molecular complexity index is 1010. The van der Waals surface area contributed by atoms with Gasteiger partial charge in [-0.15, -0.1) is 11.8 Å². The fourth-order valence-corrected chi connectivity index (χ4v) is 3.03. The van der Waals surface area contributed by atoms with Crippen LogP contribution in [0.2, 0.25) is 0 Å². The van der Waals surface area contributed by atoms with E-state index in [1.165, 1.54) is 16.3 Å². The summed E-state index contributed by atoms with van der Waals surface area (Å²) in [6.07, 6.45) is 5.09. The van der Waals surface area contributed by atoms with Gasteiger partial charge in [-0.05, 0) is 49.6 Å². The maximum atomic E-state index is 13.0. The summed E-state index contributed by atoms with van der Waals surface area (Å²) < 4.78 is 6.92. The molecule has 7 heteroatoms. The summed E-state index contributed by atoms with van der Waals surface area (Å²) >= 11 is 1.28. The van der Waals surface area contributed by atoms with Crippen molar-refractivity contribution in [3.8, 4) is 22.8 Å². The summed E-state index contributed by atoms with van der Waals surface area (Å²) in [6, 6.07) is 10.7. The third-order valence-electron chi connectivity index (χ3n) is 3.68. The van der Waals surface area contributed by atoms with Crippen LogP contribution in [-0.4, -0.2) is 27.4 Å². The Morgan fingerprint density at radius 1 is 1.19 bits per heavy atom. The van der Waals surface area contributed by atoms with Gasteiger partial charge in [0.15, 0.2) is 0 Å². The lowest BCUT2D eigenvalue weighted by atomic mass is 10.2. The molecule has 0 aliphatic rings. The van der Waals surface area contributed by atoms with E-state index in [1.54, 1.807) is 55.0 Å². The minimum Gasteiger partial charge on any atom is -0.494 e. The van der Waals surface area contributed by atoms with Crippen LogP contribution in [0.5, 0.6) is 5.75 Å². The standard InChI is InChI=1S/C19H16N4O2S/c1-4-25-15-7-5-14(6-8-15)23-17(13-9-11-21-12-10-13)22-18(26-3)16(20-2)19(23)24/h5-12H,4H2,1,3H3. The fraction of sp³-hybridized carbons (Fsp3) is 0.158. The van der Waals surface area contributed by atoms with Crippen molar-refractivity contribution < 1.29 is 4.74 Å². The molecule has 0 amide bonds. The molecular weight excluding hydrogens is 348 g/mol. The maximum absolute atomic E-state index is 13.0. The highest BCUT2D eigenvalue weighted by Crippen LogP contribution is 2.28. The molecule has 0 radical (unpaired) electrons. The van der Waals surface area contributed by atoms with Crippen LogP contribution in [0.15, 0.2) is 58.6 Å². The molecule has 0 saturated heterocycles. The van der Waals surface area contributed by atoms with Crippen LogP contribution < -0.4 is 10.3 Å². The Morgan fingerprint density at radius 2 is 1.88 bits per heavy atom. The van der Waals surface area contributed by atoms with Crippen LogP contribution in [0.4, 0.5) is 5.69 Å². The summed E-state index contributed by atoms with van der Waals surface area (Å²) in [4.78, 5) is 25.0. The highest BCUT2D eigenvalue weighted by molar-refractivity contribution is 7.98. The van der Waals surface area contributed by atoms with E-state index in [1.807, 2.05) is 6.92 Å². The van der Waals surface area contributed by atoms with Crippen molar-refractivity contribution in [1.29, 1.82) is 0 Å². The maximum Gasteiger partial charge on any atom is 0.282 e. The van der Waals surface area contributed by atoms with E-state index in [4.69, 9.17) is 11.3 Å². The summed E-state index contributed by atoms with van der Waals surface area (Å²) in [6.45, 7) is 9.85. The van der Waals surface area contributed by atoms with Crippen LogP contribution in [0.3, 0.4) is 0 Å². The zero-order valence-electron chi connectivity index (χ0n) is 14.3. The number of rotatable bonds is 5. The van der Waals surface area contributed by atoms with Gasteiger partial charge in [0.05, 0.1) is 13.2 Å². The van der Waals surface area contributed by atoms with Crippen LogP contribution >= 0.6 is 11.8 Å². The number of hydrogen-bond acceptors (Lipinski definition) is 5. The first-order valence-corrected chi connectivity index (χ1v) is 9.14. The summed E-state index contributed by atoms with van der Waals surface area (Å²) in [5.41, 5.74) is 0.993. The molecule has 3 aromatic rings. The molecule has 0 unspecified atom stereocenters. The minimum absolute atomic E-state index is 0.0178. The third kappa shape index (κ3) is 3.32. The van der Waals surface area contributed by atoms with Crippen LogP contribution in [0.25, 0.3) is 21.9 Å². The Balaban J connectivity index is 2.28. The first-order valence-electron chi connectivity index (χ1n) is 7.91. The second kappa shape index (κ2) is 7.85. The van der Waals surface area contributed by atoms with E-state index < -0.39 is 5.56 Å². The smallest absolute Gasteiger partial charge is 0.282 e. The summed E-state index contributed by atoms with van der Waals surface area (Å²) in [7, 11) is 0. The van der Waals surface area contributed by atoms with Gasteiger partial charge in [0, 0.05) is 23.6 Å². The van der Waals surface area contributed by atoms with Gasteiger partial charge in [0.1, 0.15) is 16.6 Å². The molecule has 130 valence electrons. The number of hydrogen-bond donors (Lipinski definition) is 0. The molecule has 0 aliphatic carbocycles. The lowest BCUT2D eigenvalue weighted by Crippen LogP contribution is -2.22. The number of ether oxygens (including phenoxy) is 1. The molecule has 1 aromatic carbocycles. The third-order valence-corrected chi connectivity index (χ3v) is 4.35. The average Bonchev–Trinajstić information content (AvgIpc) is 2.69. The van der Waals surface area contributed by atoms with Crippen molar-refractivity contribution in [3.05, 3.63) is 70.6 Å². The summed E-state index contributed by atoms with van der Waals surface area (Å²) in [5, 5.41) is 0.416. The zero-order valence-corrected chi connectivity index (χ0v) is 15.2. The van der Waals surface area contributed by atoms with Gasteiger partial charge in [-0.25, -0.2) is 9.83 Å². The van der Waals surface area contributed by atoms with E-state index in [-0.39, 0.29) is 5.69 Å². The van der Waals surface area contributed by atoms with Gasteiger partial charge in [0.2, 0.25) is 0 Å². The largest absolute Gasteiger partial charge is 0.494 e. The Hall–Kier alpha value is -3.11. The van der Waals surface area contributed by atoms with Gasteiger partial charge in [-0.3, -0.25) is 14.3 Å². The van der Waals surface area contributed by atoms with E-state index >= 15 is 0 Å². The van der Waals surface area contributed by atoms with Crippen molar-refractivity contribution in [2.75, 3.05) is 12.9 Å². The van der Waals surface area contributed by atoms with E-state index in [0.717, 1.165) is 5.56 Å². The summed E-state index contributed by atoms with van der Waals surface area (Å²) in [5.74, 6) is 1.19. The first-order chi connectivity index (χ1) is 12.7. The quantitative estimate of drug-likeness (QED) is 0.389. The van der Waals surface area contributed by atoms with Gasteiger partial charge < -0.3 is 4.74 Å². The van der Waals surface area contributed by atoms with Gasteiger partial charge in [-0.2, -0.15) is 0 Å². The van der Waals surface area contributed by atoms with Gasteiger partial charge in [-0.1, -0.05) is 0 Å². The molecule has 0 N–H and O–H groups in total. The second-order valence-corrected chi connectivity index (χ2v) is 6.00. The highest BCUT2D eigenvalue weighted by Gasteiger charge is 2.18. The lowest BCUT2D eigenvalue weighted by Gasteiger charge is -2.15. The molecule has 2 heterocycles. The lowest BCUT2D eigenvalue weighted by molar-refractivity contribution is 0.340. The van der Waals surface area contributed by atoms with Crippen molar-refractivity contribution in [1.82, 2.24) is 14.5 Å². The number of aromatic nitrogens is 3. The predicted molar refractivity (Wildman–Crippen MR) is 102 cm³/mol. The molecule has 3 rings (SSSR count). The molecule has 0 saturated carbocycles. The van der Waals surface area contributed by atoms with Crippen LogP contribution in [0, 0.1) is 6.57 Å². The van der Waals surface area contributed by atoms with Crippen LogP contribution in [0.1, 0.15) is 6.92 Å². The fourth-order valence-electron chi connectivity index (χ4n) is 2.52. The number of pyridine rings is 1. The number of benzene rings is 1. The van der Waals surface area contributed by atoms with Crippen molar-refractivity contribution in [2.45, 2.75) is 11.9 Å². The monoisotopic (exact) mass is 364 g/mol. The number of thioether (sulfide) groups is 1. The molecule has 2 aromatic heterocycles. The molecule has 6 nitrogen and oxygen atoms in total. The molecule has 0 atom stereocenters. The van der Waals surface area contributed by atoms with E-state index in [9.17, 15) is 4.79 Å². The minimum atomic E-state index is -0.393. The molecular formula is C19H16N4O2S. The molecule has 0 bridgehead atoms. The van der Waals surface area contributed by atoms with Crippen molar-refractivity contribution >= 4 is 17.4 Å². The van der Waals surface area contributed by atoms with Gasteiger partial charge >= 0.3 is 0 Å². The molecule has 0 aliphatic heterocycles. The predicted octanol–water partition coefficient (Wildman–Crippen LogP) is 3.97. The van der Waals surface area contributed by atoms with Crippen LogP contribution in [-0.2, 0) is 0 Å². The van der Waals surface area contributed by atoms with Crippen molar-refractivity contribution in [2.24, 2.45) is 0 Å². The number of nitrogens with zero attached hydrogens (tertiary/aromatic N) is 4.